The molecule has 1 aromatic rings. The second kappa shape index (κ2) is 5.79. The molecule has 0 spiro atoms. The molecule has 3 rings (SSSR count). The van der Waals surface area contributed by atoms with Crippen molar-refractivity contribution < 1.29 is 9.45 Å². The number of anilines is 1. The van der Waals surface area contributed by atoms with E-state index >= 15 is 0 Å². The number of hydrogen-bond donors (Lipinski definition) is 1. The predicted molar refractivity (Wildman–Crippen MR) is 80.5 cm³/mol. The van der Waals surface area contributed by atoms with E-state index in [1.807, 2.05) is 18.2 Å². The Bertz CT molecular complexity index is 545. The van der Waals surface area contributed by atoms with E-state index in [-0.39, 0.29) is 11.8 Å². The van der Waals surface area contributed by atoms with Crippen LogP contribution in [0.5, 0.6) is 0 Å². The summed E-state index contributed by atoms with van der Waals surface area (Å²) in [7, 11) is 1.74. The first kappa shape index (κ1) is 13.4. The summed E-state index contributed by atoms with van der Waals surface area (Å²) in [6.45, 7) is 3.62. The van der Waals surface area contributed by atoms with Crippen molar-refractivity contribution in [2.45, 2.75) is 26.4 Å². The van der Waals surface area contributed by atoms with Crippen LogP contribution in [0.15, 0.2) is 23.2 Å². The van der Waals surface area contributed by atoms with E-state index in [0.29, 0.717) is 12.5 Å². The molecule has 103 valence electrons. The Kier molecular flexibility index (Phi) is 3.87. The highest BCUT2D eigenvalue weighted by atomic mass is 16.4. The molecule has 2 atom stereocenters. The van der Waals surface area contributed by atoms with E-state index in [0.717, 1.165) is 36.1 Å². The third-order valence-corrected chi connectivity index (χ3v) is 4.01. The molecule has 0 saturated carbocycles. The maximum atomic E-state index is 12.3. The molecule has 5 heteroatoms. The van der Waals surface area contributed by atoms with Gasteiger partial charge in [-0.1, -0.05) is 19.4 Å². The summed E-state index contributed by atoms with van der Waals surface area (Å²) in [6, 6.07) is 5.88. The zero-order valence-corrected chi connectivity index (χ0v) is 11.6. The molecule has 1 aromatic carbocycles. The van der Waals surface area contributed by atoms with Crippen molar-refractivity contribution in [3.05, 3.63) is 23.8 Å². The molecule has 0 fully saturated rings. The summed E-state index contributed by atoms with van der Waals surface area (Å²) in [5.74, 6) is 0.449. The van der Waals surface area contributed by atoms with Crippen LogP contribution < -0.4 is 10.8 Å². The van der Waals surface area contributed by atoms with Gasteiger partial charge in [0.25, 0.3) is 0 Å². The maximum Gasteiger partial charge on any atom is 0.330 e. The van der Waals surface area contributed by atoms with E-state index in [4.69, 9.17) is 4.65 Å². The Morgan fingerprint density at radius 1 is 1.55 bits per heavy atom. The van der Waals surface area contributed by atoms with E-state index < -0.39 is 0 Å². The quantitative estimate of drug-likeness (QED) is 0.846. The van der Waals surface area contributed by atoms with Crippen molar-refractivity contribution in [1.82, 2.24) is 0 Å². The van der Waals surface area contributed by atoms with Gasteiger partial charge in [-0.15, -0.1) is 0 Å². The van der Waals surface area contributed by atoms with Crippen molar-refractivity contribution in [3.8, 4) is 0 Å². The van der Waals surface area contributed by atoms with Crippen molar-refractivity contribution in [2.75, 3.05) is 11.9 Å². The number of rotatable bonds is 3. The van der Waals surface area contributed by atoms with Crippen LogP contribution in [-0.4, -0.2) is 26.1 Å². The minimum Gasteiger partial charge on any atom is -0.430 e. The number of fused-ring (bicyclic) bond motifs is 1. The zero-order chi connectivity index (χ0) is 13.9. The van der Waals surface area contributed by atoms with Gasteiger partial charge in [-0.05, 0) is 35.5 Å². The van der Waals surface area contributed by atoms with Crippen LogP contribution in [0.3, 0.4) is 0 Å². The van der Waals surface area contributed by atoms with Gasteiger partial charge in [-0.25, -0.2) is 0 Å². The molecule has 2 unspecified atom stereocenters. The fourth-order valence-corrected chi connectivity index (χ4v) is 2.67. The smallest absolute Gasteiger partial charge is 0.330 e. The SMILES string of the molecule is CCC1CN=CC(C(=O)Nc2ccc3c(c2)[B]OC3)C1. The van der Waals surface area contributed by atoms with E-state index in [1.54, 1.807) is 13.7 Å². The average Bonchev–Trinajstić information content (AvgIpc) is 2.95. The molecule has 0 bridgehead atoms. The molecule has 1 N–H and O–H groups in total. The fraction of sp³-hybridized carbons (Fsp3) is 0.467. The molecule has 0 aliphatic carbocycles. The number of carbonyl (C=O) groups excluding carboxylic acids is 1. The lowest BCUT2D eigenvalue weighted by molar-refractivity contribution is -0.118. The van der Waals surface area contributed by atoms with Gasteiger partial charge in [-0.2, -0.15) is 0 Å². The minimum absolute atomic E-state index is 0.0331. The van der Waals surface area contributed by atoms with Gasteiger partial charge in [0, 0.05) is 18.4 Å². The van der Waals surface area contributed by atoms with Crippen LogP contribution in [-0.2, 0) is 16.1 Å². The summed E-state index contributed by atoms with van der Waals surface area (Å²) < 4.78 is 5.26. The van der Waals surface area contributed by atoms with Crippen molar-refractivity contribution >= 4 is 30.8 Å². The van der Waals surface area contributed by atoms with E-state index in [9.17, 15) is 4.79 Å². The third kappa shape index (κ3) is 2.77. The lowest BCUT2D eigenvalue weighted by Gasteiger charge is -2.22. The van der Waals surface area contributed by atoms with Crippen LogP contribution in [0.25, 0.3) is 0 Å². The molecule has 4 nitrogen and oxygen atoms in total. The Morgan fingerprint density at radius 2 is 2.45 bits per heavy atom. The van der Waals surface area contributed by atoms with E-state index in [1.165, 1.54) is 0 Å². The highest BCUT2D eigenvalue weighted by Crippen LogP contribution is 2.21. The van der Waals surface area contributed by atoms with Gasteiger partial charge in [0.2, 0.25) is 5.91 Å². The summed E-state index contributed by atoms with van der Waals surface area (Å²) in [5, 5.41) is 2.98. The van der Waals surface area contributed by atoms with Gasteiger partial charge < -0.3 is 9.97 Å². The number of carbonyl (C=O) groups is 1. The molecule has 1 amide bonds. The third-order valence-electron chi connectivity index (χ3n) is 4.01. The molecule has 0 aromatic heterocycles. The number of benzene rings is 1. The standard InChI is InChI=1S/C15H18BN2O2/c1-2-10-5-12(8-17-7-10)15(19)18-13-4-3-11-9-20-16-14(11)6-13/h3-4,6,8,10,12H,2,5,7,9H2,1H3,(H,18,19). The Balaban J connectivity index is 1.67. The van der Waals surface area contributed by atoms with Crippen molar-refractivity contribution in [1.29, 1.82) is 0 Å². The minimum atomic E-state index is -0.109. The van der Waals surface area contributed by atoms with Crippen molar-refractivity contribution in [2.24, 2.45) is 16.8 Å². The highest BCUT2D eigenvalue weighted by Gasteiger charge is 2.24. The van der Waals surface area contributed by atoms with Crippen LogP contribution in [0.4, 0.5) is 5.69 Å². The average molecular weight is 269 g/mol. The Labute approximate surface area is 119 Å². The molecule has 0 saturated heterocycles. The Hall–Kier alpha value is -1.62. The van der Waals surface area contributed by atoms with E-state index in [2.05, 4.69) is 17.2 Å². The molecule has 2 heterocycles. The van der Waals surface area contributed by atoms with Gasteiger partial charge >= 0.3 is 7.48 Å². The highest BCUT2D eigenvalue weighted by molar-refractivity contribution is 6.49. The second-order valence-corrected chi connectivity index (χ2v) is 5.46. The number of hydrogen-bond acceptors (Lipinski definition) is 3. The molecule has 20 heavy (non-hydrogen) atoms. The lowest BCUT2D eigenvalue weighted by Crippen LogP contribution is -2.30. The summed E-state index contributed by atoms with van der Waals surface area (Å²) in [4.78, 5) is 16.6. The maximum absolute atomic E-state index is 12.3. The first-order chi connectivity index (χ1) is 9.76. The molecule has 2 aliphatic heterocycles. The van der Waals surface area contributed by atoms with Crippen LogP contribution in [0.2, 0.25) is 0 Å². The van der Waals surface area contributed by atoms with Crippen LogP contribution in [0, 0.1) is 11.8 Å². The predicted octanol–water partition coefficient (Wildman–Crippen LogP) is 1.52. The number of nitrogens with one attached hydrogen (secondary N) is 1. The fourth-order valence-electron chi connectivity index (χ4n) is 2.67. The molecular weight excluding hydrogens is 251 g/mol. The monoisotopic (exact) mass is 269 g/mol. The molecule has 1 radical (unpaired) electrons. The second-order valence-electron chi connectivity index (χ2n) is 5.46. The largest absolute Gasteiger partial charge is 0.430 e. The molecule has 2 aliphatic rings. The van der Waals surface area contributed by atoms with Crippen LogP contribution >= 0.6 is 0 Å². The van der Waals surface area contributed by atoms with Gasteiger partial charge in [0.05, 0.1) is 12.5 Å². The Morgan fingerprint density at radius 3 is 3.30 bits per heavy atom. The van der Waals surface area contributed by atoms with Crippen molar-refractivity contribution in [3.63, 3.8) is 0 Å². The summed E-state index contributed by atoms with van der Waals surface area (Å²) in [6.07, 6.45) is 3.77. The van der Waals surface area contributed by atoms with Gasteiger partial charge in [0.15, 0.2) is 0 Å². The number of aliphatic imine (C=N–C) groups is 1. The van der Waals surface area contributed by atoms with Crippen LogP contribution in [0.1, 0.15) is 25.3 Å². The van der Waals surface area contributed by atoms with Gasteiger partial charge in [-0.3, -0.25) is 9.79 Å². The number of nitrogens with zero attached hydrogens (tertiary/aromatic N) is 1. The zero-order valence-electron chi connectivity index (χ0n) is 11.6. The summed E-state index contributed by atoms with van der Waals surface area (Å²) >= 11 is 0. The summed E-state index contributed by atoms with van der Waals surface area (Å²) in [5.41, 5.74) is 3.03. The first-order valence-corrected chi connectivity index (χ1v) is 7.15. The molecular formula is C15H18BN2O2. The normalized spacial score (nSPS) is 24.1. The first-order valence-electron chi connectivity index (χ1n) is 7.15. The lowest BCUT2D eigenvalue weighted by atomic mass is 9.87. The topological polar surface area (TPSA) is 50.7 Å². The van der Waals surface area contributed by atoms with Gasteiger partial charge in [0.1, 0.15) is 0 Å². The number of amides is 1.